The molecule has 1 aromatic heterocycles. The standard InChI is InChI=1S/C29H38N6O3/c1-7-20-8-10-22(11-9-20)31-27-32-23-18-34(13-12-21(23)17-33(27)6)24-16-30-26-25(19(24)2)35(14-15-37-26)28(36)38-29(3,4)5/h8-11,16H,7,12-15,17-18H2,1-6H3,(H,31,32). The van der Waals surface area contributed by atoms with Crippen LogP contribution in [0.15, 0.2) is 46.7 Å². The molecule has 0 atom stereocenters. The molecule has 202 valence electrons. The van der Waals surface area contributed by atoms with Crippen LogP contribution in [0.3, 0.4) is 0 Å². The van der Waals surface area contributed by atoms with Crippen LogP contribution in [-0.4, -0.2) is 67.4 Å². The van der Waals surface area contributed by atoms with Gasteiger partial charge in [-0.15, -0.1) is 0 Å². The van der Waals surface area contributed by atoms with Crippen LogP contribution in [0.4, 0.5) is 21.9 Å². The Morgan fingerprint density at radius 2 is 1.92 bits per heavy atom. The molecule has 1 amide bonds. The van der Waals surface area contributed by atoms with Crippen molar-refractivity contribution in [3.63, 3.8) is 0 Å². The van der Waals surface area contributed by atoms with E-state index in [1.54, 1.807) is 4.90 Å². The van der Waals surface area contributed by atoms with E-state index in [4.69, 9.17) is 14.5 Å². The van der Waals surface area contributed by atoms with E-state index in [-0.39, 0.29) is 6.09 Å². The van der Waals surface area contributed by atoms with E-state index in [2.05, 4.69) is 58.3 Å². The number of aliphatic imine (C=N–C) groups is 1. The summed E-state index contributed by atoms with van der Waals surface area (Å²) in [6.45, 7) is 13.0. The van der Waals surface area contributed by atoms with Crippen LogP contribution in [0, 0.1) is 6.92 Å². The zero-order valence-corrected chi connectivity index (χ0v) is 23.3. The molecule has 0 radical (unpaired) electrons. The van der Waals surface area contributed by atoms with Crippen LogP contribution in [0.25, 0.3) is 0 Å². The number of aromatic nitrogens is 1. The van der Waals surface area contributed by atoms with Crippen molar-refractivity contribution in [2.45, 2.75) is 53.1 Å². The molecular formula is C29H38N6O3. The highest BCUT2D eigenvalue weighted by Crippen LogP contribution is 2.40. The summed E-state index contributed by atoms with van der Waals surface area (Å²) in [5.74, 6) is 1.32. The average molecular weight is 519 g/mol. The van der Waals surface area contributed by atoms with Crippen molar-refractivity contribution >= 4 is 29.1 Å². The first-order chi connectivity index (χ1) is 18.1. The Bertz CT molecular complexity index is 1280. The number of anilines is 3. The average Bonchev–Trinajstić information content (AvgIpc) is 2.88. The van der Waals surface area contributed by atoms with Gasteiger partial charge in [-0.1, -0.05) is 19.1 Å². The lowest BCUT2D eigenvalue weighted by molar-refractivity contribution is 0.0566. The van der Waals surface area contributed by atoms with Gasteiger partial charge in [-0.2, -0.15) is 0 Å². The van der Waals surface area contributed by atoms with Crippen LogP contribution in [-0.2, 0) is 11.2 Å². The minimum Gasteiger partial charge on any atom is -0.474 e. The fourth-order valence-electron chi connectivity index (χ4n) is 5.07. The van der Waals surface area contributed by atoms with Crippen LogP contribution in [0.1, 0.15) is 45.2 Å². The van der Waals surface area contributed by atoms with Gasteiger partial charge in [0.1, 0.15) is 17.9 Å². The van der Waals surface area contributed by atoms with Crippen molar-refractivity contribution in [1.29, 1.82) is 0 Å². The number of pyridine rings is 1. The summed E-state index contributed by atoms with van der Waals surface area (Å²) in [7, 11) is 2.07. The number of aryl methyl sites for hydroxylation is 1. The van der Waals surface area contributed by atoms with Gasteiger partial charge < -0.3 is 24.6 Å². The summed E-state index contributed by atoms with van der Waals surface area (Å²) >= 11 is 0. The molecule has 0 saturated heterocycles. The first-order valence-electron chi connectivity index (χ1n) is 13.4. The fourth-order valence-corrected chi connectivity index (χ4v) is 5.07. The molecule has 2 aromatic rings. The van der Waals surface area contributed by atoms with Gasteiger partial charge in [0, 0.05) is 31.4 Å². The molecule has 0 bridgehead atoms. The minimum atomic E-state index is -0.583. The summed E-state index contributed by atoms with van der Waals surface area (Å²) < 4.78 is 11.5. The second-order valence-corrected chi connectivity index (χ2v) is 11.1. The lowest BCUT2D eigenvalue weighted by atomic mass is 10.0. The van der Waals surface area contributed by atoms with Gasteiger partial charge in [-0.25, -0.2) is 14.8 Å². The topological polar surface area (TPSA) is 82.5 Å². The molecule has 0 fully saturated rings. The van der Waals surface area contributed by atoms with Crippen LogP contribution < -0.4 is 19.9 Å². The largest absolute Gasteiger partial charge is 0.474 e. The molecule has 9 nitrogen and oxygen atoms in total. The summed E-state index contributed by atoms with van der Waals surface area (Å²) in [5.41, 5.74) is 6.82. The van der Waals surface area contributed by atoms with Gasteiger partial charge in [-0.05, 0) is 63.8 Å². The Labute approximate surface area is 225 Å². The maximum absolute atomic E-state index is 13.0. The predicted octanol–water partition coefficient (Wildman–Crippen LogP) is 4.96. The molecule has 0 spiro atoms. The Balaban J connectivity index is 1.39. The number of guanidine groups is 1. The first-order valence-corrected chi connectivity index (χ1v) is 13.4. The minimum absolute atomic E-state index is 0.379. The SMILES string of the molecule is CCc1ccc(NC2=NC3=C(CCN(c4cnc5c(c4C)N(C(=O)OC(C)(C)C)CCO5)C3)CN2C)cc1. The number of carbonyl (C=O) groups is 1. The third kappa shape index (κ3) is 5.28. The Hall–Kier alpha value is -3.75. The molecule has 0 unspecified atom stereocenters. The summed E-state index contributed by atoms with van der Waals surface area (Å²) in [6.07, 6.45) is 3.41. The number of nitrogens with zero attached hydrogens (tertiary/aromatic N) is 5. The molecule has 0 aliphatic carbocycles. The molecule has 4 heterocycles. The highest BCUT2D eigenvalue weighted by atomic mass is 16.6. The fraction of sp³-hybridized carbons (Fsp3) is 0.483. The molecule has 3 aliphatic heterocycles. The monoisotopic (exact) mass is 518 g/mol. The van der Waals surface area contributed by atoms with E-state index in [9.17, 15) is 4.79 Å². The quantitative estimate of drug-likeness (QED) is 0.615. The number of carbonyl (C=O) groups excluding carboxylic acids is 1. The zero-order chi connectivity index (χ0) is 27.0. The second kappa shape index (κ2) is 10.2. The number of ether oxygens (including phenoxy) is 2. The molecule has 38 heavy (non-hydrogen) atoms. The number of likely N-dealkylation sites (N-methyl/N-ethyl adjacent to an activating group) is 1. The van der Waals surface area contributed by atoms with Gasteiger partial charge in [-0.3, -0.25) is 4.90 Å². The first kappa shape index (κ1) is 25.9. The highest BCUT2D eigenvalue weighted by molar-refractivity contribution is 5.95. The van der Waals surface area contributed by atoms with Crippen molar-refractivity contribution in [3.8, 4) is 5.88 Å². The van der Waals surface area contributed by atoms with E-state index in [1.807, 2.05) is 33.9 Å². The van der Waals surface area contributed by atoms with E-state index < -0.39 is 5.60 Å². The molecule has 5 rings (SSSR count). The maximum atomic E-state index is 13.0. The third-order valence-electron chi connectivity index (χ3n) is 7.11. The zero-order valence-electron chi connectivity index (χ0n) is 23.3. The van der Waals surface area contributed by atoms with E-state index in [1.165, 1.54) is 11.1 Å². The van der Waals surface area contributed by atoms with Gasteiger partial charge in [0.05, 0.1) is 30.7 Å². The lowest BCUT2D eigenvalue weighted by Crippen LogP contribution is -2.43. The van der Waals surface area contributed by atoms with Crippen molar-refractivity contribution in [2.24, 2.45) is 4.99 Å². The Kier molecular flexibility index (Phi) is 6.94. The highest BCUT2D eigenvalue weighted by Gasteiger charge is 2.33. The van der Waals surface area contributed by atoms with Gasteiger partial charge in [0.2, 0.25) is 11.8 Å². The van der Waals surface area contributed by atoms with Gasteiger partial charge >= 0.3 is 6.09 Å². The van der Waals surface area contributed by atoms with E-state index >= 15 is 0 Å². The lowest BCUT2D eigenvalue weighted by Gasteiger charge is -2.38. The Morgan fingerprint density at radius 3 is 2.63 bits per heavy atom. The number of amides is 1. The number of nitrogens with one attached hydrogen (secondary N) is 1. The van der Waals surface area contributed by atoms with Crippen LogP contribution >= 0.6 is 0 Å². The van der Waals surface area contributed by atoms with Crippen molar-refractivity contribution in [3.05, 3.63) is 52.9 Å². The molecule has 1 aromatic carbocycles. The van der Waals surface area contributed by atoms with E-state index in [0.29, 0.717) is 31.3 Å². The summed E-state index contributed by atoms with van der Waals surface area (Å²) in [5, 5.41) is 3.49. The second-order valence-electron chi connectivity index (χ2n) is 11.1. The Morgan fingerprint density at radius 1 is 1.16 bits per heavy atom. The summed E-state index contributed by atoms with van der Waals surface area (Å²) in [6, 6.07) is 8.50. The van der Waals surface area contributed by atoms with Crippen molar-refractivity contribution in [2.75, 3.05) is 55.0 Å². The number of fused-ring (bicyclic) bond motifs is 1. The normalized spacial score (nSPS) is 17.4. The molecule has 1 N–H and O–H groups in total. The number of benzene rings is 1. The summed E-state index contributed by atoms with van der Waals surface area (Å²) in [4.78, 5) is 28.8. The maximum Gasteiger partial charge on any atom is 0.415 e. The smallest absolute Gasteiger partial charge is 0.415 e. The molecular weight excluding hydrogens is 480 g/mol. The van der Waals surface area contributed by atoms with Gasteiger partial charge in [0.15, 0.2) is 0 Å². The number of hydrogen-bond acceptors (Lipinski definition) is 8. The number of rotatable bonds is 3. The molecule has 3 aliphatic rings. The van der Waals surface area contributed by atoms with Crippen molar-refractivity contribution in [1.82, 2.24) is 9.88 Å². The van der Waals surface area contributed by atoms with Crippen LogP contribution in [0.2, 0.25) is 0 Å². The molecule has 0 saturated carbocycles. The third-order valence-corrected chi connectivity index (χ3v) is 7.11. The van der Waals surface area contributed by atoms with Crippen LogP contribution in [0.5, 0.6) is 5.88 Å². The predicted molar refractivity (Wildman–Crippen MR) is 151 cm³/mol. The van der Waals surface area contributed by atoms with Gasteiger partial charge in [0.25, 0.3) is 0 Å². The van der Waals surface area contributed by atoms with E-state index in [0.717, 1.165) is 54.5 Å². The van der Waals surface area contributed by atoms with Crippen molar-refractivity contribution < 1.29 is 14.3 Å². The molecule has 9 heteroatoms. The number of hydrogen-bond donors (Lipinski definition) is 1.